The molecule has 2 aromatic rings. The van der Waals surface area contributed by atoms with E-state index in [1.807, 2.05) is 49.4 Å². The van der Waals surface area contributed by atoms with E-state index in [0.29, 0.717) is 33.9 Å². The summed E-state index contributed by atoms with van der Waals surface area (Å²) in [7, 11) is 1.57. The molecule has 174 valence electrons. The van der Waals surface area contributed by atoms with Gasteiger partial charge in [0, 0.05) is 11.0 Å². The molecule has 2 aromatic carbocycles. The Hall–Kier alpha value is -2.36. The fourth-order valence-corrected chi connectivity index (χ4v) is 4.77. The van der Waals surface area contributed by atoms with Crippen molar-refractivity contribution in [1.29, 1.82) is 0 Å². The van der Waals surface area contributed by atoms with Crippen LogP contribution >= 0.6 is 39.9 Å². The van der Waals surface area contributed by atoms with E-state index in [9.17, 15) is 9.59 Å². The Balaban J connectivity index is 1.66. The third-order valence-electron chi connectivity index (χ3n) is 4.65. The highest BCUT2D eigenvalue weighted by Crippen LogP contribution is 2.35. The molecule has 0 radical (unpaired) electrons. The molecular weight excluding hydrogens is 526 g/mol. The zero-order chi connectivity index (χ0) is 23.8. The number of benzene rings is 2. The Morgan fingerprint density at radius 3 is 2.76 bits per heavy atom. The summed E-state index contributed by atoms with van der Waals surface area (Å²) in [5, 5.41) is 0. The Kier molecular flexibility index (Phi) is 9.34. The van der Waals surface area contributed by atoms with Crippen molar-refractivity contribution in [2.45, 2.75) is 26.4 Å². The van der Waals surface area contributed by atoms with Gasteiger partial charge in [0.1, 0.15) is 10.9 Å². The summed E-state index contributed by atoms with van der Waals surface area (Å²) in [6.45, 7) is 2.91. The standard InChI is InChI=1S/C24H24BrNO5S2/c1-3-11-30-22(27)9-10-26-23(28)21(33-24(26)32)14-16-7-8-19(20(13-16)29-2)31-15-17-5-4-6-18(25)12-17/h4-8,12-14H,3,9-11,15H2,1-2H3/b21-14+. The Bertz CT molecular complexity index is 1070. The number of thioether (sulfide) groups is 1. The monoisotopic (exact) mass is 549 g/mol. The average molecular weight is 550 g/mol. The molecule has 1 aliphatic rings. The number of methoxy groups -OCH3 is 1. The molecule has 1 aliphatic heterocycles. The lowest BCUT2D eigenvalue weighted by molar-refractivity contribution is -0.143. The minimum atomic E-state index is -0.335. The van der Waals surface area contributed by atoms with Crippen molar-refractivity contribution < 1.29 is 23.8 Å². The molecule has 1 amide bonds. The van der Waals surface area contributed by atoms with Crippen LogP contribution in [0.3, 0.4) is 0 Å². The lowest BCUT2D eigenvalue weighted by Crippen LogP contribution is -2.30. The second kappa shape index (κ2) is 12.2. The molecule has 0 N–H and O–H groups in total. The molecule has 0 atom stereocenters. The molecule has 0 spiro atoms. The zero-order valence-electron chi connectivity index (χ0n) is 18.3. The third-order valence-corrected chi connectivity index (χ3v) is 6.52. The van der Waals surface area contributed by atoms with E-state index in [-0.39, 0.29) is 24.8 Å². The summed E-state index contributed by atoms with van der Waals surface area (Å²) in [4.78, 5) is 26.5. The molecule has 0 aromatic heterocycles. The quantitative estimate of drug-likeness (QED) is 0.217. The van der Waals surface area contributed by atoms with E-state index in [4.69, 9.17) is 26.4 Å². The average Bonchev–Trinajstić information content (AvgIpc) is 3.07. The predicted octanol–water partition coefficient (Wildman–Crippen LogP) is 5.58. The van der Waals surface area contributed by atoms with E-state index in [1.165, 1.54) is 16.7 Å². The van der Waals surface area contributed by atoms with E-state index < -0.39 is 0 Å². The summed E-state index contributed by atoms with van der Waals surface area (Å²) in [6.07, 6.45) is 2.62. The Morgan fingerprint density at radius 2 is 2.03 bits per heavy atom. The van der Waals surface area contributed by atoms with E-state index in [2.05, 4.69) is 15.9 Å². The van der Waals surface area contributed by atoms with Gasteiger partial charge in [-0.15, -0.1) is 0 Å². The second-order valence-corrected chi connectivity index (χ2v) is 9.72. The maximum Gasteiger partial charge on any atom is 0.307 e. The highest BCUT2D eigenvalue weighted by Gasteiger charge is 2.32. The number of rotatable bonds is 10. The lowest BCUT2D eigenvalue weighted by atomic mass is 10.1. The first-order chi connectivity index (χ1) is 15.9. The van der Waals surface area contributed by atoms with Crippen LogP contribution in [0.25, 0.3) is 6.08 Å². The summed E-state index contributed by atoms with van der Waals surface area (Å²) < 4.78 is 17.9. The van der Waals surface area contributed by atoms with Gasteiger partial charge in [-0.05, 0) is 47.9 Å². The summed E-state index contributed by atoms with van der Waals surface area (Å²) in [5.74, 6) is 0.612. The Morgan fingerprint density at radius 1 is 1.21 bits per heavy atom. The number of carbonyl (C=O) groups is 2. The van der Waals surface area contributed by atoms with E-state index >= 15 is 0 Å². The zero-order valence-corrected chi connectivity index (χ0v) is 21.6. The molecule has 6 nitrogen and oxygen atoms in total. The molecule has 0 unspecified atom stereocenters. The number of esters is 1. The van der Waals surface area contributed by atoms with Gasteiger partial charge in [0.2, 0.25) is 0 Å². The summed E-state index contributed by atoms with van der Waals surface area (Å²) >= 11 is 10.0. The SMILES string of the molecule is CCCOC(=O)CCN1C(=O)/C(=C\c2ccc(OCc3cccc(Br)c3)c(OC)c2)SC1=S. The normalized spacial score (nSPS) is 14.6. The molecule has 9 heteroatoms. The minimum Gasteiger partial charge on any atom is -0.493 e. The third kappa shape index (κ3) is 7.06. The number of hydrogen-bond donors (Lipinski definition) is 0. The summed E-state index contributed by atoms with van der Waals surface area (Å²) in [5.41, 5.74) is 1.81. The molecule has 0 bridgehead atoms. The molecule has 3 rings (SSSR count). The van der Waals surface area contributed by atoms with Gasteiger partial charge in [-0.2, -0.15) is 0 Å². The number of amides is 1. The number of thiocarbonyl (C=S) groups is 1. The predicted molar refractivity (Wildman–Crippen MR) is 137 cm³/mol. The molecule has 0 saturated carbocycles. The minimum absolute atomic E-state index is 0.109. The van der Waals surface area contributed by atoms with Crippen LogP contribution in [0.15, 0.2) is 51.8 Å². The maximum atomic E-state index is 12.8. The van der Waals surface area contributed by atoms with Crippen LogP contribution in [-0.4, -0.2) is 41.4 Å². The lowest BCUT2D eigenvalue weighted by Gasteiger charge is -2.13. The molecule has 1 saturated heterocycles. The van der Waals surface area contributed by atoms with Gasteiger partial charge in [0.15, 0.2) is 11.5 Å². The summed E-state index contributed by atoms with van der Waals surface area (Å²) in [6, 6.07) is 13.4. The largest absolute Gasteiger partial charge is 0.493 e. The number of halogens is 1. The molecule has 1 heterocycles. The van der Waals surface area contributed by atoms with Gasteiger partial charge in [0.05, 0.1) is 25.0 Å². The van der Waals surface area contributed by atoms with Gasteiger partial charge >= 0.3 is 5.97 Å². The fourth-order valence-electron chi connectivity index (χ4n) is 3.02. The smallest absolute Gasteiger partial charge is 0.307 e. The topological polar surface area (TPSA) is 65.1 Å². The number of hydrogen-bond acceptors (Lipinski definition) is 7. The highest BCUT2D eigenvalue weighted by atomic mass is 79.9. The van der Waals surface area contributed by atoms with E-state index in [1.54, 1.807) is 13.2 Å². The number of ether oxygens (including phenoxy) is 3. The van der Waals surface area contributed by atoms with Crippen molar-refractivity contribution in [1.82, 2.24) is 4.90 Å². The van der Waals surface area contributed by atoms with Crippen molar-refractivity contribution in [3.05, 3.63) is 63.0 Å². The van der Waals surface area contributed by atoms with Gasteiger partial charge in [-0.1, -0.05) is 65.0 Å². The number of nitrogens with zero attached hydrogens (tertiary/aromatic N) is 1. The van der Waals surface area contributed by atoms with Crippen LogP contribution < -0.4 is 9.47 Å². The Labute approximate surface area is 211 Å². The van der Waals surface area contributed by atoms with Crippen LogP contribution in [0.2, 0.25) is 0 Å². The molecule has 0 aliphatic carbocycles. The van der Waals surface area contributed by atoms with Crippen molar-refractivity contribution in [3.63, 3.8) is 0 Å². The highest BCUT2D eigenvalue weighted by molar-refractivity contribution is 9.10. The van der Waals surface area contributed by atoms with Gasteiger partial charge in [-0.25, -0.2) is 0 Å². The van der Waals surface area contributed by atoms with Crippen LogP contribution in [0, 0.1) is 0 Å². The van der Waals surface area contributed by atoms with Gasteiger partial charge < -0.3 is 14.2 Å². The molecule has 1 fully saturated rings. The molecular formula is C24H24BrNO5S2. The second-order valence-electron chi connectivity index (χ2n) is 7.13. The first kappa shape index (κ1) is 25.3. The van der Waals surface area contributed by atoms with Gasteiger partial charge in [0.25, 0.3) is 5.91 Å². The van der Waals surface area contributed by atoms with Crippen molar-refractivity contribution in [3.8, 4) is 11.5 Å². The molecule has 33 heavy (non-hydrogen) atoms. The first-order valence-corrected chi connectivity index (χ1v) is 12.4. The van der Waals surface area contributed by atoms with Crippen molar-refractivity contribution in [2.24, 2.45) is 0 Å². The van der Waals surface area contributed by atoms with Crippen LogP contribution in [0.4, 0.5) is 0 Å². The maximum absolute atomic E-state index is 12.8. The van der Waals surface area contributed by atoms with Gasteiger partial charge in [-0.3, -0.25) is 14.5 Å². The fraction of sp³-hybridized carbons (Fsp3) is 0.292. The van der Waals surface area contributed by atoms with Crippen LogP contribution in [0.1, 0.15) is 30.9 Å². The van der Waals surface area contributed by atoms with Crippen molar-refractivity contribution in [2.75, 3.05) is 20.3 Å². The van der Waals surface area contributed by atoms with Crippen LogP contribution in [-0.2, 0) is 20.9 Å². The number of carbonyl (C=O) groups excluding carboxylic acids is 2. The van der Waals surface area contributed by atoms with Crippen LogP contribution in [0.5, 0.6) is 11.5 Å². The van der Waals surface area contributed by atoms with Crippen molar-refractivity contribution >= 4 is 62.2 Å². The van der Waals surface area contributed by atoms with E-state index in [0.717, 1.165) is 22.0 Å². The first-order valence-electron chi connectivity index (χ1n) is 10.4.